The van der Waals surface area contributed by atoms with Gasteiger partial charge in [-0.2, -0.15) is 0 Å². The zero-order valence-electron chi connectivity index (χ0n) is 17.6. The fraction of sp³-hybridized carbons (Fsp3) is 0.591. The van der Waals surface area contributed by atoms with Crippen LogP contribution >= 0.6 is 0 Å². The Hall–Kier alpha value is -2.77. The largest absolute Gasteiger partial charge is 0.492 e. The minimum atomic E-state index is -0.701. The van der Waals surface area contributed by atoms with Gasteiger partial charge in [-0.15, -0.1) is 0 Å². The molecule has 0 radical (unpaired) electrons. The van der Waals surface area contributed by atoms with Gasteiger partial charge in [0.2, 0.25) is 5.91 Å². The van der Waals surface area contributed by atoms with Crippen LogP contribution in [0.1, 0.15) is 57.9 Å². The Morgan fingerprint density at radius 2 is 2.10 bits per heavy atom. The number of fused-ring (bicyclic) bond motifs is 1. The van der Waals surface area contributed by atoms with E-state index in [1.165, 1.54) is 4.90 Å². The van der Waals surface area contributed by atoms with Crippen molar-refractivity contribution in [1.82, 2.24) is 10.2 Å². The van der Waals surface area contributed by atoms with E-state index in [0.29, 0.717) is 37.3 Å². The number of amides is 4. The van der Waals surface area contributed by atoms with Crippen molar-refractivity contribution in [2.24, 2.45) is 0 Å². The van der Waals surface area contributed by atoms with E-state index in [1.54, 1.807) is 0 Å². The quantitative estimate of drug-likeness (QED) is 0.668. The Balaban J connectivity index is 1.34. The maximum Gasteiger partial charge on any atom is 0.325 e. The first-order valence-electron chi connectivity index (χ1n) is 10.8. The third-order valence-corrected chi connectivity index (χ3v) is 6.06. The van der Waals surface area contributed by atoms with Gasteiger partial charge in [0, 0.05) is 31.0 Å². The number of hydrogen-bond acceptors (Lipinski definition) is 5. The molecule has 4 amide bonds. The Morgan fingerprint density at radius 1 is 1.33 bits per heavy atom. The summed E-state index contributed by atoms with van der Waals surface area (Å²) >= 11 is 0. The number of carbonyl (C=O) groups is 3. The molecule has 8 nitrogen and oxygen atoms in total. The van der Waals surface area contributed by atoms with Crippen molar-refractivity contribution >= 4 is 23.5 Å². The van der Waals surface area contributed by atoms with Gasteiger partial charge in [-0.25, -0.2) is 4.79 Å². The second kappa shape index (κ2) is 8.16. The van der Waals surface area contributed by atoms with Crippen molar-refractivity contribution in [3.63, 3.8) is 0 Å². The average Bonchev–Trinajstić information content (AvgIpc) is 3.36. The summed E-state index contributed by atoms with van der Waals surface area (Å²) < 4.78 is 11.5. The third-order valence-electron chi connectivity index (χ3n) is 6.06. The van der Waals surface area contributed by atoms with Gasteiger partial charge in [-0.05, 0) is 39.2 Å². The maximum atomic E-state index is 12.7. The number of ether oxygens (including phenoxy) is 2. The molecule has 2 aliphatic heterocycles. The molecule has 162 valence electrons. The van der Waals surface area contributed by atoms with Crippen LogP contribution in [0.15, 0.2) is 12.1 Å². The first-order valence-corrected chi connectivity index (χ1v) is 10.8. The molecule has 8 heteroatoms. The van der Waals surface area contributed by atoms with Crippen molar-refractivity contribution < 1.29 is 23.9 Å². The molecule has 0 bridgehead atoms. The van der Waals surface area contributed by atoms with E-state index in [-0.39, 0.29) is 36.9 Å². The molecule has 2 fully saturated rings. The topological polar surface area (TPSA) is 97.0 Å². The first kappa shape index (κ1) is 20.5. The molecule has 2 heterocycles. The second-order valence-corrected chi connectivity index (χ2v) is 8.35. The molecule has 1 saturated carbocycles. The number of hydrogen-bond donors (Lipinski definition) is 2. The SMILES string of the molecule is CCOc1cc2c(cc1NC(=O)CCCN1C(=O)NC3(CCCC3)C1=O)OC(C)C2. The Bertz CT molecular complexity index is 863. The fourth-order valence-electron chi connectivity index (χ4n) is 4.62. The molecule has 1 unspecified atom stereocenters. The zero-order valence-corrected chi connectivity index (χ0v) is 17.6. The summed E-state index contributed by atoms with van der Waals surface area (Å²) in [6.45, 7) is 4.63. The Morgan fingerprint density at radius 3 is 2.83 bits per heavy atom. The maximum absolute atomic E-state index is 12.7. The molecule has 1 spiro atoms. The summed E-state index contributed by atoms with van der Waals surface area (Å²) in [6, 6.07) is 3.39. The zero-order chi connectivity index (χ0) is 21.3. The highest BCUT2D eigenvalue weighted by Gasteiger charge is 2.52. The van der Waals surface area contributed by atoms with Crippen LogP contribution in [-0.2, 0) is 16.0 Å². The smallest absolute Gasteiger partial charge is 0.325 e. The van der Waals surface area contributed by atoms with Gasteiger partial charge in [0.25, 0.3) is 5.91 Å². The van der Waals surface area contributed by atoms with Gasteiger partial charge in [0.05, 0.1) is 12.3 Å². The molecule has 2 N–H and O–H groups in total. The number of nitrogens with one attached hydrogen (secondary N) is 2. The number of rotatable bonds is 7. The van der Waals surface area contributed by atoms with E-state index in [4.69, 9.17) is 9.47 Å². The van der Waals surface area contributed by atoms with Crippen LogP contribution < -0.4 is 20.1 Å². The number of anilines is 1. The summed E-state index contributed by atoms with van der Waals surface area (Å²) in [5.41, 5.74) is 0.950. The van der Waals surface area contributed by atoms with Crippen LogP contribution in [0.2, 0.25) is 0 Å². The van der Waals surface area contributed by atoms with E-state index in [9.17, 15) is 14.4 Å². The number of carbonyl (C=O) groups excluding carboxylic acids is 3. The predicted molar refractivity (Wildman–Crippen MR) is 111 cm³/mol. The Labute approximate surface area is 176 Å². The van der Waals surface area contributed by atoms with Crippen molar-refractivity contribution in [1.29, 1.82) is 0 Å². The van der Waals surface area contributed by atoms with Gasteiger partial charge in [0.1, 0.15) is 23.1 Å². The van der Waals surface area contributed by atoms with E-state index >= 15 is 0 Å². The van der Waals surface area contributed by atoms with Gasteiger partial charge in [-0.3, -0.25) is 14.5 Å². The van der Waals surface area contributed by atoms with Gasteiger partial charge >= 0.3 is 6.03 Å². The van der Waals surface area contributed by atoms with Crippen LogP contribution in [0, 0.1) is 0 Å². The van der Waals surface area contributed by atoms with Gasteiger partial charge in [0.15, 0.2) is 0 Å². The van der Waals surface area contributed by atoms with E-state index in [1.807, 2.05) is 26.0 Å². The number of benzene rings is 1. The van der Waals surface area contributed by atoms with Crippen molar-refractivity contribution in [3.05, 3.63) is 17.7 Å². The average molecular weight is 415 g/mol. The molecule has 1 aromatic rings. The van der Waals surface area contributed by atoms with Crippen molar-refractivity contribution in [2.75, 3.05) is 18.5 Å². The van der Waals surface area contributed by atoms with Crippen LogP contribution in [0.3, 0.4) is 0 Å². The highest BCUT2D eigenvalue weighted by molar-refractivity contribution is 6.07. The summed E-state index contributed by atoms with van der Waals surface area (Å²) in [7, 11) is 0. The predicted octanol–water partition coefficient (Wildman–Crippen LogP) is 2.99. The molecule has 4 rings (SSSR count). The van der Waals surface area contributed by atoms with Gasteiger partial charge in [-0.1, -0.05) is 12.8 Å². The lowest BCUT2D eigenvalue weighted by molar-refractivity contribution is -0.131. The minimum absolute atomic E-state index is 0.104. The molecular formula is C22H29N3O5. The molecule has 1 atom stereocenters. The first-order chi connectivity index (χ1) is 14.4. The fourth-order valence-corrected chi connectivity index (χ4v) is 4.62. The number of nitrogens with zero attached hydrogens (tertiary/aromatic N) is 1. The molecule has 1 saturated heterocycles. The lowest BCUT2D eigenvalue weighted by Gasteiger charge is -2.20. The highest BCUT2D eigenvalue weighted by Crippen LogP contribution is 2.38. The molecule has 1 aliphatic carbocycles. The van der Waals surface area contributed by atoms with Crippen molar-refractivity contribution in [2.45, 2.75) is 70.4 Å². The highest BCUT2D eigenvalue weighted by atomic mass is 16.5. The molecule has 3 aliphatic rings. The standard InChI is InChI=1S/C22H29N3O5/c1-3-29-18-12-15-11-14(2)30-17(15)13-16(18)23-19(26)7-6-10-25-20(27)22(24-21(25)28)8-4-5-9-22/h12-14H,3-11H2,1-2H3,(H,23,26)(H,24,28). The summed E-state index contributed by atoms with van der Waals surface area (Å²) in [4.78, 5) is 38.7. The van der Waals surface area contributed by atoms with E-state index in [2.05, 4.69) is 10.6 Å². The second-order valence-electron chi connectivity index (χ2n) is 8.35. The lowest BCUT2D eigenvalue weighted by atomic mass is 9.98. The van der Waals surface area contributed by atoms with Crippen molar-refractivity contribution in [3.8, 4) is 11.5 Å². The Kier molecular flexibility index (Phi) is 5.58. The molecule has 30 heavy (non-hydrogen) atoms. The summed E-state index contributed by atoms with van der Waals surface area (Å²) in [5.74, 6) is 1.06. The van der Waals surface area contributed by atoms with Gasteiger partial charge < -0.3 is 20.1 Å². The molecule has 1 aromatic carbocycles. The number of imide groups is 1. The van der Waals surface area contributed by atoms with E-state index in [0.717, 1.165) is 30.6 Å². The van der Waals surface area contributed by atoms with Crippen LogP contribution in [0.4, 0.5) is 10.5 Å². The number of urea groups is 1. The minimum Gasteiger partial charge on any atom is -0.492 e. The van der Waals surface area contributed by atoms with Crippen LogP contribution in [-0.4, -0.2) is 47.5 Å². The summed E-state index contributed by atoms with van der Waals surface area (Å²) in [6.07, 6.45) is 4.83. The van der Waals surface area contributed by atoms with Crippen LogP contribution in [0.25, 0.3) is 0 Å². The van der Waals surface area contributed by atoms with Crippen LogP contribution in [0.5, 0.6) is 11.5 Å². The third kappa shape index (κ3) is 3.82. The monoisotopic (exact) mass is 415 g/mol. The van der Waals surface area contributed by atoms with E-state index < -0.39 is 5.54 Å². The molecular weight excluding hydrogens is 386 g/mol. The normalized spacial score (nSPS) is 21.5. The summed E-state index contributed by atoms with van der Waals surface area (Å²) in [5, 5.41) is 5.75. The lowest BCUT2D eigenvalue weighted by Crippen LogP contribution is -2.44. The molecule has 0 aromatic heterocycles.